The quantitative estimate of drug-likeness (QED) is 0.821. The first kappa shape index (κ1) is 16.0. The van der Waals surface area contributed by atoms with Gasteiger partial charge in [0.25, 0.3) is 0 Å². The predicted molar refractivity (Wildman–Crippen MR) is 87.8 cm³/mol. The average Bonchev–Trinajstić information content (AvgIpc) is 2.56. The van der Waals surface area contributed by atoms with Gasteiger partial charge in [0.2, 0.25) is 5.91 Å². The van der Waals surface area contributed by atoms with Crippen molar-refractivity contribution in [3.63, 3.8) is 0 Å². The van der Waals surface area contributed by atoms with E-state index in [0.717, 1.165) is 16.9 Å². The van der Waals surface area contributed by atoms with Gasteiger partial charge in [-0.1, -0.05) is 48.5 Å². The Bertz CT molecular complexity index is 599. The number of para-hydroxylation sites is 1. The highest BCUT2D eigenvalue weighted by Crippen LogP contribution is 2.17. The summed E-state index contributed by atoms with van der Waals surface area (Å²) in [6.07, 6.45) is 1.26. The van der Waals surface area contributed by atoms with Crippen molar-refractivity contribution >= 4 is 5.91 Å². The fourth-order valence-electron chi connectivity index (χ4n) is 2.32. The molecule has 0 aliphatic carbocycles. The first-order chi connectivity index (χ1) is 10.7. The van der Waals surface area contributed by atoms with Crippen molar-refractivity contribution in [2.24, 2.45) is 5.73 Å². The van der Waals surface area contributed by atoms with Crippen LogP contribution in [0.3, 0.4) is 0 Å². The van der Waals surface area contributed by atoms with Crippen LogP contribution in [0.25, 0.3) is 0 Å². The highest BCUT2D eigenvalue weighted by molar-refractivity contribution is 5.81. The average molecular weight is 298 g/mol. The Hall–Kier alpha value is -2.33. The summed E-state index contributed by atoms with van der Waals surface area (Å²) in [4.78, 5) is 12.0. The van der Waals surface area contributed by atoms with E-state index in [4.69, 9.17) is 10.5 Å². The standard InChI is InChI=1S/C18H22N2O2/c1-22-17-10-6-5-9-15(17)11-12-20-18(21)16(19)13-14-7-3-2-4-8-14/h2-10,16H,11-13,19H2,1H3,(H,20,21). The second-order valence-electron chi connectivity index (χ2n) is 5.15. The third-order valence-corrected chi connectivity index (χ3v) is 3.52. The van der Waals surface area contributed by atoms with Crippen LogP contribution in [0.4, 0.5) is 0 Å². The van der Waals surface area contributed by atoms with Crippen LogP contribution in [-0.4, -0.2) is 25.6 Å². The maximum atomic E-state index is 12.0. The molecule has 4 heteroatoms. The van der Waals surface area contributed by atoms with Gasteiger partial charge >= 0.3 is 0 Å². The Morgan fingerprint density at radius 2 is 1.82 bits per heavy atom. The smallest absolute Gasteiger partial charge is 0.237 e. The van der Waals surface area contributed by atoms with Gasteiger partial charge in [-0.3, -0.25) is 4.79 Å². The van der Waals surface area contributed by atoms with Crippen LogP contribution in [-0.2, 0) is 17.6 Å². The van der Waals surface area contributed by atoms with Gasteiger partial charge in [-0.2, -0.15) is 0 Å². The molecule has 0 aromatic heterocycles. The minimum atomic E-state index is -0.528. The van der Waals surface area contributed by atoms with E-state index in [1.807, 2.05) is 54.6 Å². The number of nitrogens with one attached hydrogen (secondary N) is 1. The minimum Gasteiger partial charge on any atom is -0.496 e. The number of hydrogen-bond acceptors (Lipinski definition) is 3. The summed E-state index contributed by atoms with van der Waals surface area (Å²) in [5.41, 5.74) is 8.08. The van der Waals surface area contributed by atoms with Crippen LogP contribution in [0.1, 0.15) is 11.1 Å². The zero-order valence-corrected chi connectivity index (χ0v) is 12.8. The number of rotatable bonds is 7. The Labute approximate surface area is 131 Å². The third kappa shape index (κ3) is 4.60. The maximum Gasteiger partial charge on any atom is 0.237 e. The SMILES string of the molecule is COc1ccccc1CCNC(=O)C(N)Cc1ccccc1. The van der Waals surface area contributed by atoms with E-state index in [9.17, 15) is 4.79 Å². The molecule has 0 saturated heterocycles. The molecule has 2 rings (SSSR count). The lowest BCUT2D eigenvalue weighted by Gasteiger charge is -2.13. The van der Waals surface area contributed by atoms with Crippen molar-refractivity contribution in [2.75, 3.05) is 13.7 Å². The molecule has 116 valence electrons. The molecule has 1 atom stereocenters. The van der Waals surface area contributed by atoms with E-state index in [1.165, 1.54) is 0 Å². The molecule has 0 fully saturated rings. The predicted octanol–water partition coefficient (Wildman–Crippen LogP) is 1.92. The molecule has 0 aliphatic heterocycles. The molecule has 2 aromatic carbocycles. The molecule has 0 heterocycles. The molecule has 3 N–H and O–H groups in total. The fourth-order valence-corrected chi connectivity index (χ4v) is 2.32. The monoisotopic (exact) mass is 298 g/mol. The zero-order valence-electron chi connectivity index (χ0n) is 12.8. The summed E-state index contributed by atoms with van der Waals surface area (Å²) in [7, 11) is 1.65. The van der Waals surface area contributed by atoms with Gasteiger partial charge in [0.05, 0.1) is 13.2 Å². The second-order valence-corrected chi connectivity index (χ2v) is 5.15. The molecule has 0 radical (unpaired) electrons. The lowest BCUT2D eigenvalue weighted by molar-refractivity contribution is -0.122. The molecular weight excluding hydrogens is 276 g/mol. The second kappa shape index (κ2) is 8.20. The lowest BCUT2D eigenvalue weighted by atomic mass is 10.1. The van der Waals surface area contributed by atoms with Gasteiger partial charge in [0.15, 0.2) is 0 Å². The van der Waals surface area contributed by atoms with E-state index in [0.29, 0.717) is 19.4 Å². The first-order valence-electron chi connectivity index (χ1n) is 7.40. The molecule has 1 unspecified atom stereocenters. The topological polar surface area (TPSA) is 64.3 Å². The number of carbonyl (C=O) groups is 1. The van der Waals surface area contributed by atoms with E-state index in [2.05, 4.69) is 5.32 Å². The van der Waals surface area contributed by atoms with Crippen molar-refractivity contribution in [1.29, 1.82) is 0 Å². The molecule has 0 saturated carbocycles. The molecule has 4 nitrogen and oxygen atoms in total. The van der Waals surface area contributed by atoms with Gasteiger partial charge in [0, 0.05) is 6.54 Å². The molecule has 22 heavy (non-hydrogen) atoms. The molecule has 0 aliphatic rings. The fraction of sp³-hybridized carbons (Fsp3) is 0.278. The van der Waals surface area contributed by atoms with Gasteiger partial charge in [-0.15, -0.1) is 0 Å². The van der Waals surface area contributed by atoms with Crippen molar-refractivity contribution in [3.8, 4) is 5.75 Å². The van der Waals surface area contributed by atoms with Crippen LogP contribution < -0.4 is 15.8 Å². The zero-order chi connectivity index (χ0) is 15.8. The normalized spacial score (nSPS) is 11.7. The van der Waals surface area contributed by atoms with E-state index < -0.39 is 6.04 Å². The summed E-state index contributed by atoms with van der Waals surface area (Å²) in [6.45, 7) is 0.543. The lowest BCUT2D eigenvalue weighted by Crippen LogP contribution is -2.42. The van der Waals surface area contributed by atoms with Gasteiger partial charge in [-0.25, -0.2) is 0 Å². The van der Waals surface area contributed by atoms with Crippen LogP contribution in [0.15, 0.2) is 54.6 Å². The Morgan fingerprint density at radius 1 is 1.14 bits per heavy atom. The number of amides is 1. The summed E-state index contributed by atoms with van der Waals surface area (Å²) in [6, 6.07) is 17.1. The molecule has 0 bridgehead atoms. The number of hydrogen-bond donors (Lipinski definition) is 2. The number of benzene rings is 2. The number of ether oxygens (including phenoxy) is 1. The van der Waals surface area contributed by atoms with E-state index in [1.54, 1.807) is 7.11 Å². The maximum absolute atomic E-state index is 12.0. The summed E-state index contributed by atoms with van der Waals surface area (Å²) in [5, 5.41) is 2.88. The Balaban J connectivity index is 1.80. The van der Waals surface area contributed by atoms with Crippen LogP contribution in [0, 0.1) is 0 Å². The number of carbonyl (C=O) groups excluding carboxylic acids is 1. The van der Waals surface area contributed by atoms with Crippen molar-refractivity contribution < 1.29 is 9.53 Å². The minimum absolute atomic E-state index is 0.126. The number of nitrogens with two attached hydrogens (primary N) is 1. The Morgan fingerprint density at radius 3 is 2.55 bits per heavy atom. The van der Waals surface area contributed by atoms with Crippen LogP contribution >= 0.6 is 0 Å². The van der Waals surface area contributed by atoms with Gasteiger partial charge in [0.1, 0.15) is 5.75 Å². The molecule has 0 spiro atoms. The summed E-state index contributed by atoms with van der Waals surface area (Å²) in [5.74, 6) is 0.712. The first-order valence-corrected chi connectivity index (χ1v) is 7.40. The van der Waals surface area contributed by atoms with Crippen molar-refractivity contribution in [1.82, 2.24) is 5.32 Å². The van der Waals surface area contributed by atoms with Crippen LogP contribution in [0.2, 0.25) is 0 Å². The van der Waals surface area contributed by atoms with Crippen molar-refractivity contribution in [2.45, 2.75) is 18.9 Å². The van der Waals surface area contributed by atoms with Crippen LogP contribution in [0.5, 0.6) is 5.75 Å². The molecular formula is C18H22N2O2. The highest BCUT2D eigenvalue weighted by Gasteiger charge is 2.13. The highest BCUT2D eigenvalue weighted by atomic mass is 16.5. The van der Waals surface area contributed by atoms with Gasteiger partial charge in [-0.05, 0) is 30.0 Å². The molecule has 1 amide bonds. The largest absolute Gasteiger partial charge is 0.496 e. The summed E-state index contributed by atoms with van der Waals surface area (Å²) >= 11 is 0. The Kier molecular flexibility index (Phi) is 5.98. The van der Waals surface area contributed by atoms with Gasteiger partial charge < -0.3 is 15.8 Å². The van der Waals surface area contributed by atoms with Crippen molar-refractivity contribution in [3.05, 3.63) is 65.7 Å². The van der Waals surface area contributed by atoms with E-state index >= 15 is 0 Å². The third-order valence-electron chi connectivity index (χ3n) is 3.52. The molecule has 2 aromatic rings. The van der Waals surface area contributed by atoms with E-state index in [-0.39, 0.29) is 5.91 Å². The summed E-state index contributed by atoms with van der Waals surface area (Å²) < 4.78 is 5.29. The number of methoxy groups -OCH3 is 1.